The monoisotopic (exact) mass is 493 g/mol. The topological polar surface area (TPSA) is 133 Å². The van der Waals surface area contributed by atoms with Gasteiger partial charge in [-0.25, -0.2) is 4.79 Å². The third-order valence-electron chi connectivity index (χ3n) is 6.34. The molecule has 0 bridgehead atoms. The van der Waals surface area contributed by atoms with Crippen LogP contribution in [-0.4, -0.2) is 47.8 Å². The van der Waals surface area contributed by atoms with Gasteiger partial charge in [-0.1, -0.05) is 26.8 Å². The number of rotatable bonds is 8. The maximum atomic E-state index is 13.0. The van der Waals surface area contributed by atoms with Crippen LogP contribution in [0.3, 0.4) is 0 Å². The maximum Gasteiger partial charge on any atom is 0.339 e. The van der Waals surface area contributed by atoms with Crippen LogP contribution in [0.15, 0.2) is 30.3 Å². The molecule has 1 unspecified atom stereocenters. The Morgan fingerprint density at radius 1 is 1.17 bits per heavy atom. The molecule has 0 radical (unpaired) electrons. The van der Waals surface area contributed by atoms with Crippen molar-refractivity contribution in [3.8, 4) is 17.2 Å². The molecule has 0 fully saturated rings. The summed E-state index contributed by atoms with van der Waals surface area (Å²) < 4.78 is 17.3. The van der Waals surface area contributed by atoms with Crippen LogP contribution < -0.4 is 25.3 Å². The number of carbonyl (C=O) groups is 2. The summed E-state index contributed by atoms with van der Waals surface area (Å²) in [6.07, 6.45) is 0.704. The highest BCUT2D eigenvalue weighted by molar-refractivity contribution is 6.07. The molecule has 0 spiro atoms. The molecule has 190 valence electrons. The van der Waals surface area contributed by atoms with E-state index in [4.69, 9.17) is 19.9 Å². The number of carbonyl (C=O) groups excluding carboxylic acids is 1. The number of benzene rings is 2. The number of nitrogen functional groups attached to an aromatic ring is 1. The lowest BCUT2D eigenvalue weighted by atomic mass is 10.0. The molecule has 0 saturated carbocycles. The van der Waals surface area contributed by atoms with E-state index in [0.717, 1.165) is 5.56 Å². The normalized spacial score (nSPS) is 13.5. The van der Waals surface area contributed by atoms with Gasteiger partial charge >= 0.3 is 5.97 Å². The standard InChI is InChI=1S/C27H31N3O6/c1-5-16-6-9-20(23-24(28)22(27(32)33)15(4)29-25(16)23)36-13-18(14(2)3)30-26(31)17-7-8-19-21(12-17)35-11-10-34-19/h6-9,12,14,18H,5,10-11,13H2,1-4H3,(H2,28,29)(H,30,31)(H,32,33). The summed E-state index contributed by atoms with van der Waals surface area (Å²) >= 11 is 0. The van der Waals surface area contributed by atoms with E-state index in [9.17, 15) is 14.7 Å². The largest absolute Gasteiger partial charge is 0.491 e. The smallest absolute Gasteiger partial charge is 0.339 e. The average molecular weight is 494 g/mol. The van der Waals surface area contributed by atoms with E-state index in [2.05, 4.69) is 10.3 Å². The molecule has 2 aromatic carbocycles. The zero-order valence-corrected chi connectivity index (χ0v) is 20.9. The Hall–Kier alpha value is -4.01. The van der Waals surface area contributed by atoms with Crippen molar-refractivity contribution in [3.63, 3.8) is 0 Å². The van der Waals surface area contributed by atoms with Crippen molar-refractivity contribution in [1.29, 1.82) is 0 Å². The highest BCUT2D eigenvalue weighted by atomic mass is 16.6. The van der Waals surface area contributed by atoms with Crippen molar-refractivity contribution in [2.75, 3.05) is 25.6 Å². The molecule has 1 aliphatic heterocycles. The fourth-order valence-electron chi connectivity index (χ4n) is 4.24. The minimum Gasteiger partial charge on any atom is -0.491 e. The molecule has 36 heavy (non-hydrogen) atoms. The van der Waals surface area contributed by atoms with E-state index in [1.807, 2.05) is 26.8 Å². The Morgan fingerprint density at radius 2 is 1.89 bits per heavy atom. The lowest BCUT2D eigenvalue weighted by Gasteiger charge is -2.24. The number of aryl methyl sites for hydroxylation is 2. The maximum absolute atomic E-state index is 13.0. The van der Waals surface area contributed by atoms with Gasteiger partial charge in [-0.15, -0.1) is 0 Å². The van der Waals surface area contributed by atoms with Gasteiger partial charge in [-0.2, -0.15) is 0 Å². The van der Waals surface area contributed by atoms with Gasteiger partial charge in [-0.05, 0) is 49.1 Å². The Bertz CT molecular complexity index is 1320. The van der Waals surface area contributed by atoms with Crippen molar-refractivity contribution in [2.45, 2.75) is 40.2 Å². The van der Waals surface area contributed by atoms with E-state index in [-0.39, 0.29) is 35.7 Å². The van der Waals surface area contributed by atoms with Gasteiger partial charge in [0, 0.05) is 5.56 Å². The van der Waals surface area contributed by atoms with Gasteiger partial charge in [0.1, 0.15) is 31.1 Å². The van der Waals surface area contributed by atoms with Crippen molar-refractivity contribution >= 4 is 28.5 Å². The van der Waals surface area contributed by atoms with Crippen LogP contribution in [0.2, 0.25) is 0 Å². The summed E-state index contributed by atoms with van der Waals surface area (Å²) in [5, 5.41) is 13.2. The van der Waals surface area contributed by atoms with Gasteiger partial charge in [0.05, 0.1) is 28.3 Å². The van der Waals surface area contributed by atoms with Crippen LogP contribution in [0.1, 0.15) is 52.7 Å². The fraction of sp³-hybridized carbons (Fsp3) is 0.370. The first-order valence-electron chi connectivity index (χ1n) is 12.0. The zero-order chi connectivity index (χ0) is 26.0. The number of hydrogen-bond acceptors (Lipinski definition) is 7. The number of nitrogens with two attached hydrogens (primary N) is 1. The van der Waals surface area contributed by atoms with E-state index < -0.39 is 5.97 Å². The first kappa shape index (κ1) is 25.1. The van der Waals surface area contributed by atoms with E-state index in [1.54, 1.807) is 31.2 Å². The third-order valence-corrected chi connectivity index (χ3v) is 6.34. The molecular formula is C27H31N3O6. The molecule has 1 amide bonds. The molecule has 1 aromatic heterocycles. The molecular weight excluding hydrogens is 462 g/mol. The first-order valence-corrected chi connectivity index (χ1v) is 12.0. The van der Waals surface area contributed by atoms with Crippen LogP contribution in [0, 0.1) is 12.8 Å². The number of nitrogens with one attached hydrogen (secondary N) is 1. The summed E-state index contributed by atoms with van der Waals surface area (Å²) in [6, 6.07) is 8.44. The van der Waals surface area contributed by atoms with Crippen molar-refractivity contribution in [2.24, 2.45) is 5.92 Å². The minimum atomic E-state index is -1.14. The molecule has 4 N–H and O–H groups in total. The first-order chi connectivity index (χ1) is 17.2. The number of fused-ring (bicyclic) bond motifs is 2. The van der Waals surface area contributed by atoms with E-state index in [0.29, 0.717) is 59.0 Å². The van der Waals surface area contributed by atoms with Crippen LogP contribution in [0.4, 0.5) is 5.69 Å². The highest BCUT2D eigenvalue weighted by Crippen LogP contribution is 2.36. The summed E-state index contributed by atoms with van der Waals surface area (Å²) in [7, 11) is 0. The number of aromatic carboxylic acids is 1. The highest BCUT2D eigenvalue weighted by Gasteiger charge is 2.23. The zero-order valence-electron chi connectivity index (χ0n) is 20.9. The number of carboxylic acids is 1. The van der Waals surface area contributed by atoms with E-state index >= 15 is 0 Å². The Labute approximate surface area is 209 Å². The molecule has 2 heterocycles. The number of anilines is 1. The summed E-state index contributed by atoms with van der Waals surface area (Å²) in [4.78, 5) is 29.4. The Balaban J connectivity index is 1.59. The SMILES string of the molecule is CCc1ccc(OCC(NC(=O)c2ccc3c(c2)OCCO3)C(C)C)c2c(N)c(C(=O)O)c(C)nc12. The van der Waals surface area contributed by atoms with Gasteiger partial charge in [0.2, 0.25) is 0 Å². The Morgan fingerprint density at radius 3 is 2.56 bits per heavy atom. The molecule has 1 atom stereocenters. The van der Waals surface area contributed by atoms with Gasteiger partial charge in [0.25, 0.3) is 5.91 Å². The van der Waals surface area contributed by atoms with Crippen molar-refractivity contribution in [1.82, 2.24) is 10.3 Å². The fourth-order valence-corrected chi connectivity index (χ4v) is 4.24. The Kier molecular flexibility index (Phi) is 7.19. The van der Waals surface area contributed by atoms with Crippen LogP contribution in [0.25, 0.3) is 10.9 Å². The van der Waals surface area contributed by atoms with Crippen LogP contribution >= 0.6 is 0 Å². The van der Waals surface area contributed by atoms with Crippen LogP contribution in [-0.2, 0) is 6.42 Å². The number of aromatic nitrogens is 1. The molecule has 9 heteroatoms. The number of ether oxygens (including phenoxy) is 3. The van der Waals surface area contributed by atoms with Crippen molar-refractivity contribution in [3.05, 3.63) is 52.7 Å². The number of nitrogens with zero attached hydrogens (tertiary/aromatic N) is 1. The molecule has 3 aromatic rings. The second kappa shape index (κ2) is 10.3. The molecule has 0 aliphatic carbocycles. The van der Waals surface area contributed by atoms with E-state index in [1.165, 1.54) is 0 Å². The van der Waals surface area contributed by atoms with Gasteiger partial charge in [-0.3, -0.25) is 9.78 Å². The predicted molar refractivity (Wildman–Crippen MR) is 136 cm³/mol. The third kappa shape index (κ3) is 4.86. The second-order valence-corrected chi connectivity index (χ2v) is 9.08. The second-order valence-electron chi connectivity index (χ2n) is 9.08. The predicted octanol–water partition coefficient (Wildman–Crippen LogP) is 3.99. The van der Waals surface area contributed by atoms with Crippen LogP contribution in [0.5, 0.6) is 17.2 Å². The lowest BCUT2D eigenvalue weighted by Crippen LogP contribution is -2.42. The molecule has 4 rings (SSSR count). The number of carboxylic acid groups (broad SMARTS) is 1. The summed E-state index contributed by atoms with van der Waals surface area (Å²) in [5.41, 5.74) is 8.79. The lowest BCUT2D eigenvalue weighted by molar-refractivity contribution is 0.0696. The summed E-state index contributed by atoms with van der Waals surface area (Å²) in [6.45, 7) is 8.67. The summed E-state index contributed by atoms with van der Waals surface area (Å²) in [5.74, 6) is 0.241. The number of hydrogen-bond donors (Lipinski definition) is 3. The molecule has 9 nitrogen and oxygen atoms in total. The van der Waals surface area contributed by atoms with Gasteiger partial charge in [0.15, 0.2) is 11.5 Å². The van der Waals surface area contributed by atoms with Crippen molar-refractivity contribution < 1.29 is 28.9 Å². The number of pyridine rings is 1. The average Bonchev–Trinajstić information content (AvgIpc) is 2.85. The quantitative estimate of drug-likeness (QED) is 0.429. The number of amides is 1. The molecule has 1 aliphatic rings. The van der Waals surface area contributed by atoms with Gasteiger partial charge < -0.3 is 30.4 Å². The molecule has 0 saturated heterocycles. The minimum absolute atomic E-state index is 0.0343.